The van der Waals surface area contributed by atoms with Crippen molar-refractivity contribution >= 4 is 34.1 Å². The van der Waals surface area contributed by atoms with Gasteiger partial charge in [0.1, 0.15) is 11.6 Å². The SMILES string of the molecule is CC(C)(C)OC(=O)NCCNC(=O)Cc1ccn(C2=CC3CN(C2)C(=O)N3OS(=O)(=O)[O-])n1.[Na+]. The first-order chi connectivity index (χ1) is 15.3. The summed E-state index contributed by atoms with van der Waals surface area (Å²) in [4.78, 5) is 37.2. The average molecular weight is 508 g/mol. The van der Waals surface area contributed by atoms with Gasteiger partial charge in [0, 0.05) is 25.8 Å². The van der Waals surface area contributed by atoms with Gasteiger partial charge >= 0.3 is 41.7 Å². The molecule has 0 aliphatic carbocycles. The maximum atomic E-state index is 12.2. The standard InChI is InChI=1S/C18H26N6O8S.Na/c1-18(2,3)31-16(26)20-6-5-19-15(25)8-12-4-7-23(21-12)13-9-14-11-22(10-13)17(27)24(14)32-33(28,29)30;/h4,7,9,14H,5-6,8,10-11H2,1-3H3,(H,19,25)(H,20,26)(H,28,29,30);/q;+1/p-1. The second kappa shape index (κ2) is 11.0. The van der Waals surface area contributed by atoms with E-state index in [1.165, 1.54) is 9.58 Å². The van der Waals surface area contributed by atoms with Gasteiger partial charge in [-0.1, -0.05) is 0 Å². The summed E-state index contributed by atoms with van der Waals surface area (Å²) in [6.45, 7) is 5.95. The van der Waals surface area contributed by atoms with Gasteiger partial charge in [0.15, 0.2) is 0 Å². The van der Waals surface area contributed by atoms with Crippen molar-refractivity contribution in [2.24, 2.45) is 0 Å². The molecule has 4 amide bonds. The molecule has 1 aromatic heterocycles. The van der Waals surface area contributed by atoms with Crippen LogP contribution in [0.5, 0.6) is 0 Å². The summed E-state index contributed by atoms with van der Waals surface area (Å²) in [5.41, 5.74) is 0.410. The number of hydrogen-bond donors (Lipinski definition) is 2. The summed E-state index contributed by atoms with van der Waals surface area (Å²) in [6, 6.07) is 0.125. The Morgan fingerprint density at radius 3 is 2.59 bits per heavy atom. The molecule has 1 aromatic rings. The molecule has 2 N–H and O–H groups in total. The van der Waals surface area contributed by atoms with Crippen LogP contribution in [0.2, 0.25) is 0 Å². The summed E-state index contributed by atoms with van der Waals surface area (Å²) in [6.07, 6.45) is 2.59. The number of carbonyl (C=O) groups excluding carboxylic acids is 3. The number of rotatable bonds is 8. The van der Waals surface area contributed by atoms with Crippen molar-refractivity contribution in [1.82, 2.24) is 30.4 Å². The molecule has 2 bridgehead atoms. The number of ether oxygens (including phenoxy) is 1. The van der Waals surface area contributed by atoms with E-state index < -0.39 is 34.2 Å². The van der Waals surface area contributed by atoms with Crippen LogP contribution in [0.1, 0.15) is 26.5 Å². The average Bonchev–Trinajstić information content (AvgIpc) is 3.22. The van der Waals surface area contributed by atoms with Crippen LogP contribution in [0.3, 0.4) is 0 Å². The van der Waals surface area contributed by atoms with Crippen molar-refractivity contribution in [3.05, 3.63) is 24.0 Å². The first kappa shape index (κ1) is 28.1. The number of hydroxylamine groups is 2. The van der Waals surface area contributed by atoms with Crippen LogP contribution in [-0.4, -0.2) is 88.6 Å². The van der Waals surface area contributed by atoms with E-state index in [-0.39, 0.29) is 68.1 Å². The predicted octanol–water partition coefficient (Wildman–Crippen LogP) is -3.58. The molecule has 14 nitrogen and oxygen atoms in total. The van der Waals surface area contributed by atoms with Crippen molar-refractivity contribution in [3.63, 3.8) is 0 Å². The van der Waals surface area contributed by atoms with E-state index in [0.717, 1.165) is 0 Å². The van der Waals surface area contributed by atoms with Gasteiger partial charge in [0.05, 0.1) is 24.4 Å². The molecule has 2 aliphatic rings. The van der Waals surface area contributed by atoms with E-state index in [9.17, 15) is 27.4 Å². The molecule has 1 saturated heterocycles. The van der Waals surface area contributed by atoms with Gasteiger partial charge in [-0.25, -0.2) is 22.7 Å². The van der Waals surface area contributed by atoms with Gasteiger partial charge in [-0.2, -0.15) is 14.4 Å². The van der Waals surface area contributed by atoms with E-state index in [1.807, 2.05) is 0 Å². The fourth-order valence-corrected chi connectivity index (χ4v) is 3.61. The smallest absolute Gasteiger partial charge is 0.724 e. The molecular weight excluding hydrogens is 483 g/mol. The number of amides is 4. The number of nitrogens with zero attached hydrogens (tertiary/aromatic N) is 4. The van der Waals surface area contributed by atoms with Crippen molar-refractivity contribution < 1.29 is 65.9 Å². The molecule has 2 aliphatic heterocycles. The minimum Gasteiger partial charge on any atom is -0.724 e. The third-order valence-electron chi connectivity index (χ3n) is 4.47. The topological polar surface area (TPSA) is 175 Å². The maximum absolute atomic E-state index is 12.2. The normalized spacial score (nSPS) is 17.7. The number of fused-ring (bicyclic) bond motifs is 2. The molecule has 3 heterocycles. The molecule has 1 unspecified atom stereocenters. The van der Waals surface area contributed by atoms with Crippen LogP contribution in [0.25, 0.3) is 5.70 Å². The fraction of sp³-hybridized carbons (Fsp3) is 0.556. The largest absolute Gasteiger partial charge is 1.00 e. The number of nitrogens with one attached hydrogen (secondary N) is 2. The summed E-state index contributed by atoms with van der Waals surface area (Å²) in [5.74, 6) is -0.303. The number of urea groups is 1. The number of aromatic nitrogens is 2. The summed E-state index contributed by atoms with van der Waals surface area (Å²) in [7, 11) is -5.09. The van der Waals surface area contributed by atoms with E-state index in [1.54, 1.807) is 39.1 Å². The Morgan fingerprint density at radius 1 is 1.26 bits per heavy atom. The van der Waals surface area contributed by atoms with Crippen LogP contribution in [-0.2, 0) is 30.6 Å². The van der Waals surface area contributed by atoms with Crippen LogP contribution in [0, 0.1) is 0 Å². The summed E-state index contributed by atoms with van der Waals surface area (Å²) in [5, 5.41) is 10.0. The van der Waals surface area contributed by atoms with Crippen LogP contribution in [0.15, 0.2) is 18.3 Å². The van der Waals surface area contributed by atoms with E-state index >= 15 is 0 Å². The quantitative estimate of drug-likeness (QED) is 0.156. The maximum Gasteiger partial charge on any atom is 1.00 e. The monoisotopic (exact) mass is 508 g/mol. The minimum absolute atomic E-state index is 0. The van der Waals surface area contributed by atoms with Crippen LogP contribution >= 0.6 is 0 Å². The Balaban J connectivity index is 0.00000408. The van der Waals surface area contributed by atoms with Crippen LogP contribution < -0.4 is 40.2 Å². The van der Waals surface area contributed by atoms with Crippen molar-refractivity contribution in [1.29, 1.82) is 0 Å². The van der Waals surface area contributed by atoms with Gasteiger partial charge in [-0.3, -0.25) is 4.79 Å². The van der Waals surface area contributed by atoms with E-state index in [0.29, 0.717) is 16.5 Å². The third-order valence-corrected chi connectivity index (χ3v) is 4.82. The molecule has 0 radical (unpaired) electrons. The van der Waals surface area contributed by atoms with Crippen molar-refractivity contribution in [3.8, 4) is 0 Å². The Labute approximate surface area is 218 Å². The zero-order chi connectivity index (χ0) is 24.4. The fourth-order valence-electron chi connectivity index (χ4n) is 3.24. The zero-order valence-corrected chi connectivity index (χ0v) is 22.1. The van der Waals surface area contributed by atoms with Crippen LogP contribution in [0.4, 0.5) is 9.59 Å². The Kier molecular flexibility index (Phi) is 9.12. The van der Waals surface area contributed by atoms with Gasteiger partial charge in [0.2, 0.25) is 16.3 Å². The van der Waals surface area contributed by atoms with Crippen molar-refractivity contribution in [2.75, 3.05) is 26.2 Å². The molecule has 0 spiro atoms. The Bertz CT molecular complexity index is 1070. The molecule has 16 heteroatoms. The van der Waals surface area contributed by atoms with E-state index in [4.69, 9.17) is 4.74 Å². The molecular formula is C18H25N6NaO8S. The minimum atomic E-state index is -5.09. The summed E-state index contributed by atoms with van der Waals surface area (Å²) >= 11 is 0. The zero-order valence-electron chi connectivity index (χ0n) is 19.3. The van der Waals surface area contributed by atoms with Gasteiger partial charge in [0.25, 0.3) is 0 Å². The first-order valence-electron chi connectivity index (χ1n) is 10.0. The molecule has 1 fully saturated rings. The number of alkyl carbamates (subject to hydrolysis) is 1. The number of hydrogen-bond acceptors (Lipinski definition) is 9. The number of carbonyl (C=O) groups is 3. The molecule has 34 heavy (non-hydrogen) atoms. The first-order valence-corrected chi connectivity index (χ1v) is 11.4. The van der Waals surface area contributed by atoms with Gasteiger partial charge in [-0.15, -0.1) is 0 Å². The molecule has 0 saturated carbocycles. The second-order valence-corrected chi connectivity index (χ2v) is 9.37. The molecule has 3 rings (SSSR count). The second-order valence-electron chi connectivity index (χ2n) is 8.40. The predicted molar refractivity (Wildman–Crippen MR) is 111 cm³/mol. The van der Waals surface area contributed by atoms with E-state index in [2.05, 4.69) is 20.0 Å². The third kappa shape index (κ3) is 7.95. The van der Waals surface area contributed by atoms with Crippen molar-refractivity contribution in [2.45, 2.75) is 38.8 Å². The molecule has 1 atom stereocenters. The van der Waals surface area contributed by atoms with Gasteiger partial charge in [-0.05, 0) is 32.9 Å². The Hall–Kier alpha value is -2.17. The summed E-state index contributed by atoms with van der Waals surface area (Å²) < 4.78 is 43.4. The molecule has 182 valence electrons. The Morgan fingerprint density at radius 2 is 1.94 bits per heavy atom. The van der Waals surface area contributed by atoms with Gasteiger partial charge < -0.3 is 24.8 Å². The molecule has 0 aromatic carbocycles.